The van der Waals surface area contributed by atoms with E-state index in [4.69, 9.17) is 5.11 Å². The van der Waals surface area contributed by atoms with E-state index >= 15 is 0 Å². The minimum absolute atomic E-state index is 0.267. The number of carboxylic acids is 1. The second kappa shape index (κ2) is 9.47. The number of hydrogen-bond acceptors (Lipinski definition) is 5. The van der Waals surface area contributed by atoms with Crippen LogP contribution in [0.4, 0.5) is 11.5 Å². The summed E-state index contributed by atoms with van der Waals surface area (Å²) in [6.45, 7) is 9.09. The summed E-state index contributed by atoms with van der Waals surface area (Å²) < 4.78 is 0. The molecule has 1 fully saturated rings. The first-order chi connectivity index (χ1) is 13.6. The summed E-state index contributed by atoms with van der Waals surface area (Å²) in [5, 5.41) is 13.4. The van der Waals surface area contributed by atoms with Gasteiger partial charge in [0.05, 0.1) is 12.0 Å². The van der Waals surface area contributed by atoms with Crippen molar-refractivity contribution in [2.75, 3.05) is 18.4 Å². The summed E-state index contributed by atoms with van der Waals surface area (Å²) in [5.74, 6) is 1.08. The molecule has 1 atom stereocenters. The summed E-state index contributed by atoms with van der Waals surface area (Å²) in [6.07, 6.45) is 4.18. The molecular formula is C21H30N4O2S. The molecule has 2 aromatic rings. The van der Waals surface area contributed by atoms with Crippen LogP contribution in [0, 0.1) is 11.8 Å². The Bertz CT molecular complexity index is 799. The molecular weight excluding hydrogens is 372 g/mol. The minimum atomic E-state index is -0.681. The van der Waals surface area contributed by atoms with Gasteiger partial charge in [-0.1, -0.05) is 38.6 Å². The van der Waals surface area contributed by atoms with Crippen molar-refractivity contribution in [1.82, 2.24) is 14.9 Å². The number of aliphatic carboxylic acids is 1. The second-order valence-electron chi connectivity index (χ2n) is 7.33. The maximum atomic E-state index is 10.9. The summed E-state index contributed by atoms with van der Waals surface area (Å²) >= 11 is 1.69. The number of aromatic nitrogens is 2. The Balaban J connectivity index is 0.00000109. The molecule has 0 bridgehead atoms. The van der Waals surface area contributed by atoms with Crippen LogP contribution < -0.4 is 5.32 Å². The molecule has 6 nitrogen and oxygen atoms in total. The van der Waals surface area contributed by atoms with Crippen LogP contribution in [0.1, 0.15) is 45.6 Å². The topological polar surface area (TPSA) is 81.2 Å². The zero-order valence-electron chi connectivity index (χ0n) is 16.9. The van der Waals surface area contributed by atoms with Gasteiger partial charge in [0.2, 0.25) is 0 Å². The average molecular weight is 403 g/mol. The highest BCUT2D eigenvalue weighted by molar-refractivity contribution is 7.99. The summed E-state index contributed by atoms with van der Waals surface area (Å²) in [5.41, 5.74) is 2.44. The van der Waals surface area contributed by atoms with Crippen molar-refractivity contribution in [3.63, 3.8) is 0 Å². The molecule has 3 heterocycles. The molecule has 2 aliphatic heterocycles. The lowest BCUT2D eigenvalue weighted by Gasteiger charge is -2.34. The highest BCUT2D eigenvalue weighted by Gasteiger charge is 2.25. The van der Waals surface area contributed by atoms with E-state index in [0.29, 0.717) is 5.92 Å². The van der Waals surface area contributed by atoms with Crippen molar-refractivity contribution in [1.29, 1.82) is 0 Å². The number of nitrogens with zero attached hydrogens (tertiary/aromatic N) is 2. The first-order valence-corrected chi connectivity index (χ1v) is 11.0. The molecule has 28 heavy (non-hydrogen) atoms. The third-order valence-electron chi connectivity index (χ3n) is 5.45. The molecule has 1 unspecified atom stereocenters. The Kier molecular flexibility index (Phi) is 7.02. The number of piperidine rings is 1. The van der Waals surface area contributed by atoms with Gasteiger partial charge in [-0.05, 0) is 55.5 Å². The number of rotatable bonds is 5. The molecule has 1 aromatic carbocycles. The van der Waals surface area contributed by atoms with E-state index < -0.39 is 5.97 Å². The van der Waals surface area contributed by atoms with Crippen molar-refractivity contribution in [3.8, 4) is 0 Å². The molecule has 0 radical (unpaired) electrons. The molecule has 4 rings (SSSR count). The molecule has 0 amide bonds. The number of imidazole rings is 1. The van der Waals surface area contributed by atoms with E-state index in [2.05, 4.69) is 45.3 Å². The molecule has 0 saturated carbocycles. The molecule has 152 valence electrons. The van der Waals surface area contributed by atoms with Gasteiger partial charge in [0, 0.05) is 17.9 Å². The van der Waals surface area contributed by atoms with E-state index in [0.717, 1.165) is 49.0 Å². The fraction of sp³-hybridized carbons (Fsp3) is 0.524. The molecule has 2 aliphatic rings. The van der Waals surface area contributed by atoms with Gasteiger partial charge in [0.15, 0.2) is 0 Å². The Hall–Kier alpha value is -1.99. The lowest BCUT2D eigenvalue weighted by molar-refractivity contribution is -0.138. The number of anilines is 2. The second-order valence-corrected chi connectivity index (χ2v) is 8.36. The number of hydrogen-bond donors (Lipinski definition) is 3. The number of aromatic amines is 1. The number of benzene rings is 1. The quantitative estimate of drug-likeness (QED) is 0.559. The molecule has 7 heteroatoms. The fourth-order valence-corrected chi connectivity index (χ4v) is 4.81. The first-order valence-electron chi connectivity index (χ1n) is 10.1. The van der Waals surface area contributed by atoms with E-state index in [-0.39, 0.29) is 12.3 Å². The van der Waals surface area contributed by atoms with Crippen LogP contribution in [0.5, 0.6) is 0 Å². The molecule has 3 N–H and O–H groups in total. The predicted octanol–water partition coefficient (Wildman–Crippen LogP) is 4.97. The van der Waals surface area contributed by atoms with Crippen LogP contribution in [0.15, 0.2) is 34.4 Å². The monoisotopic (exact) mass is 402 g/mol. The fourth-order valence-electron chi connectivity index (χ4n) is 3.93. The van der Waals surface area contributed by atoms with Gasteiger partial charge in [0.25, 0.3) is 0 Å². The Morgan fingerprint density at radius 3 is 2.82 bits per heavy atom. The van der Waals surface area contributed by atoms with Crippen molar-refractivity contribution < 1.29 is 9.90 Å². The Labute approximate surface area is 171 Å². The zero-order chi connectivity index (χ0) is 20.1. The number of likely N-dealkylation sites (tertiary alicyclic amines) is 1. The van der Waals surface area contributed by atoms with Crippen LogP contribution in [-0.2, 0) is 11.3 Å². The number of carbonyl (C=O) groups is 1. The van der Waals surface area contributed by atoms with Gasteiger partial charge in [0.1, 0.15) is 10.8 Å². The Morgan fingerprint density at radius 1 is 1.36 bits per heavy atom. The number of fused-ring (bicyclic) bond motifs is 2. The molecule has 0 spiro atoms. The molecule has 1 saturated heterocycles. The van der Waals surface area contributed by atoms with E-state index in [9.17, 15) is 4.79 Å². The number of carboxylic acid groups (broad SMARTS) is 1. The van der Waals surface area contributed by atoms with E-state index in [1.165, 1.54) is 10.5 Å². The zero-order valence-corrected chi connectivity index (χ0v) is 17.7. The maximum Gasteiger partial charge on any atom is 0.303 e. The van der Waals surface area contributed by atoms with Crippen LogP contribution in [0.2, 0.25) is 0 Å². The SMILES string of the molecule is CC.CC(CC(=O)O)C1CCN(Cc2ccc3c(c2)Nc2[nH]cnc2S3)CC1. The van der Waals surface area contributed by atoms with Crippen LogP contribution >= 0.6 is 11.8 Å². The standard InChI is InChI=1S/C19H24N4O2S.C2H6/c1-12(8-17(24)25)14-4-6-23(7-5-14)10-13-2-3-16-15(9-13)22-18-19(26-16)21-11-20-18;1-2/h2-3,9,11-12,14,22H,4-8,10H2,1H3,(H,20,21)(H,24,25);1-2H3. The van der Waals surface area contributed by atoms with Gasteiger partial charge in [-0.15, -0.1) is 0 Å². The largest absolute Gasteiger partial charge is 0.481 e. The van der Waals surface area contributed by atoms with Crippen molar-refractivity contribution in [2.45, 2.75) is 56.5 Å². The lowest BCUT2D eigenvalue weighted by Crippen LogP contribution is -2.35. The number of nitrogens with one attached hydrogen (secondary N) is 2. The van der Waals surface area contributed by atoms with Gasteiger partial charge in [-0.3, -0.25) is 9.69 Å². The van der Waals surface area contributed by atoms with E-state index in [1.54, 1.807) is 18.1 Å². The normalized spacial score (nSPS) is 17.5. The van der Waals surface area contributed by atoms with Gasteiger partial charge < -0.3 is 15.4 Å². The first kappa shape index (κ1) is 20.7. The highest BCUT2D eigenvalue weighted by atomic mass is 32.2. The summed E-state index contributed by atoms with van der Waals surface area (Å²) in [6, 6.07) is 6.59. The third kappa shape index (κ3) is 4.89. The van der Waals surface area contributed by atoms with Crippen molar-refractivity contribution in [3.05, 3.63) is 30.1 Å². The summed E-state index contributed by atoms with van der Waals surface area (Å²) in [7, 11) is 0. The minimum Gasteiger partial charge on any atom is -0.481 e. The molecule has 0 aliphatic carbocycles. The summed E-state index contributed by atoms with van der Waals surface area (Å²) in [4.78, 5) is 22.0. The van der Waals surface area contributed by atoms with Crippen molar-refractivity contribution in [2.24, 2.45) is 11.8 Å². The third-order valence-corrected chi connectivity index (χ3v) is 6.53. The smallest absolute Gasteiger partial charge is 0.303 e. The van der Waals surface area contributed by atoms with Crippen LogP contribution in [0.25, 0.3) is 0 Å². The Morgan fingerprint density at radius 2 is 2.11 bits per heavy atom. The van der Waals surface area contributed by atoms with Gasteiger partial charge in [-0.25, -0.2) is 4.98 Å². The van der Waals surface area contributed by atoms with Crippen LogP contribution in [-0.4, -0.2) is 39.0 Å². The van der Waals surface area contributed by atoms with Crippen LogP contribution in [0.3, 0.4) is 0 Å². The number of H-pyrrole nitrogens is 1. The molecule has 1 aromatic heterocycles. The average Bonchev–Trinajstić information content (AvgIpc) is 3.15. The van der Waals surface area contributed by atoms with Gasteiger partial charge >= 0.3 is 5.97 Å². The lowest BCUT2D eigenvalue weighted by atomic mass is 9.83. The highest BCUT2D eigenvalue weighted by Crippen LogP contribution is 2.42. The van der Waals surface area contributed by atoms with E-state index in [1.807, 2.05) is 13.8 Å². The predicted molar refractivity (Wildman–Crippen MR) is 113 cm³/mol. The maximum absolute atomic E-state index is 10.9. The van der Waals surface area contributed by atoms with Gasteiger partial charge in [-0.2, -0.15) is 0 Å². The van der Waals surface area contributed by atoms with Crippen molar-refractivity contribution >= 4 is 29.2 Å².